The number of ether oxygens (including phenoxy) is 1. The van der Waals surface area contributed by atoms with Crippen molar-refractivity contribution in [1.29, 1.82) is 0 Å². The second-order valence-corrected chi connectivity index (χ2v) is 18.8. The van der Waals surface area contributed by atoms with Crippen LogP contribution in [-0.4, -0.2) is 30.4 Å². The fraction of sp³-hybridized carbons (Fsp3) is 0.246. The molecule has 0 aromatic heterocycles. The molecule has 7 aromatic carbocycles. The smallest absolute Gasteiger partial charge is 0.338 e. The number of aromatic hydroxyl groups is 1. The van der Waals surface area contributed by atoms with E-state index in [1.54, 1.807) is 12.1 Å². The molecule has 0 amide bonds. The van der Waals surface area contributed by atoms with E-state index >= 15 is 0 Å². The Kier molecular flexibility index (Phi) is 14.7. The third-order valence-corrected chi connectivity index (χ3v) is 12.3. The van der Waals surface area contributed by atoms with E-state index < -0.39 is 6.15 Å². The Labute approximate surface area is 371 Å². The van der Waals surface area contributed by atoms with Gasteiger partial charge in [0, 0.05) is 22.3 Å². The Bertz CT molecular complexity index is 2260. The largest absolute Gasteiger partial charge is 0.507 e. The summed E-state index contributed by atoms with van der Waals surface area (Å²) in [5, 5.41) is 11.0. The van der Waals surface area contributed by atoms with Crippen LogP contribution in [0.3, 0.4) is 0 Å². The van der Waals surface area contributed by atoms with Crippen molar-refractivity contribution in [2.24, 2.45) is 0 Å². The number of nitrogens with one attached hydrogen (secondary N) is 1. The number of hydrogen-bond acceptors (Lipinski definition) is 3. The Balaban J connectivity index is 0.000000222. The minimum atomic E-state index is -1.22. The van der Waals surface area contributed by atoms with Gasteiger partial charge in [0.2, 0.25) is 0 Å². The lowest BCUT2D eigenvalue weighted by Gasteiger charge is -2.44. The fourth-order valence-electron chi connectivity index (χ4n) is 8.78. The zero-order valence-corrected chi connectivity index (χ0v) is 38.0. The normalized spacial score (nSPS) is 11.8. The van der Waals surface area contributed by atoms with E-state index in [0.29, 0.717) is 18.7 Å². The van der Waals surface area contributed by atoms with Gasteiger partial charge in [0.25, 0.3) is 0 Å². The maximum atomic E-state index is 13.2. The molecule has 0 heterocycles. The van der Waals surface area contributed by atoms with Crippen LogP contribution in [0.5, 0.6) is 5.75 Å². The van der Waals surface area contributed by atoms with Gasteiger partial charge in [-0.2, -0.15) is 21.9 Å². The molecule has 0 saturated carbocycles. The number of carbonyl (C=O) groups is 1. The summed E-state index contributed by atoms with van der Waals surface area (Å²) in [6.07, 6.45) is -1.22. The highest BCUT2D eigenvalue weighted by Gasteiger charge is 2.31. The molecule has 318 valence electrons. The highest BCUT2D eigenvalue weighted by molar-refractivity contribution is 7.19. The van der Waals surface area contributed by atoms with Gasteiger partial charge in [-0.25, -0.2) is 4.79 Å². The van der Waals surface area contributed by atoms with Crippen molar-refractivity contribution in [2.75, 3.05) is 13.2 Å². The SMILES string of the molecule is Cc1ccccc1C[NH+](CCOC(=O)c1cc(C(C)(C)C)c(O)c(C(C)(C)C)c1)Cc1ccccc1C.c1ccc([B-](c2ccccc2)(c2ccccc2)c2ccccc2)cc1. The molecule has 0 aliphatic carbocycles. The summed E-state index contributed by atoms with van der Waals surface area (Å²) in [7, 11) is 0. The number of phenolic OH excluding ortho intramolecular Hbond substituents is 1. The molecule has 0 spiro atoms. The van der Waals surface area contributed by atoms with E-state index in [0.717, 1.165) is 24.2 Å². The minimum Gasteiger partial charge on any atom is -0.507 e. The molecule has 62 heavy (non-hydrogen) atoms. The zero-order chi connectivity index (χ0) is 44.3. The molecule has 2 N–H and O–H groups in total. The number of esters is 1. The van der Waals surface area contributed by atoms with Crippen LogP contribution >= 0.6 is 0 Å². The predicted octanol–water partition coefficient (Wildman–Crippen LogP) is 9.11. The Morgan fingerprint density at radius 3 is 1.16 bits per heavy atom. The van der Waals surface area contributed by atoms with Crippen LogP contribution in [0.1, 0.15) is 85.3 Å². The number of carbonyl (C=O) groups excluding carboxylic acids is 1. The van der Waals surface area contributed by atoms with Crippen LogP contribution in [0.4, 0.5) is 0 Å². The lowest BCUT2D eigenvalue weighted by atomic mass is 9.13. The summed E-state index contributed by atoms with van der Waals surface area (Å²) >= 11 is 0. The summed E-state index contributed by atoms with van der Waals surface area (Å²) in [5.74, 6) is -0.0780. The molecule has 7 aromatic rings. The molecule has 0 aliphatic rings. The van der Waals surface area contributed by atoms with E-state index in [1.807, 2.05) is 41.5 Å². The van der Waals surface area contributed by atoms with Gasteiger partial charge in [0.05, 0.1) is 5.56 Å². The third-order valence-electron chi connectivity index (χ3n) is 12.3. The van der Waals surface area contributed by atoms with Crippen LogP contribution in [0.15, 0.2) is 182 Å². The lowest BCUT2D eigenvalue weighted by Crippen LogP contribution is -3.10. The number of aryl methyl sites for hydroxylation is 2. The minimum absolute atomic E-state index is 0.267. The van der Waals surface area contributed by atoms with Gasteiger partial charge in [-0.15, -0.1) is 0 Å². The van der Waals surface area contributed by atoms with Crippen molar-refractivity contribution in [3.63, 3.8) is 0 Å². The highest BCUT2D eigenvalue weighted by Crippen LogP contribution is 2.40. The van der Waals surface area contributed by atoms with Gasteiger partial charge in [-0.3, -0.25) is 0 Å². The average Bonchev–Trinajstić information content (AvgIpc) is 3.26. The van der Waals surface area contributed by atoms with Crippen LogP contribution in [0.2, 0.25) is 0 Å². The topological polar surface area (TPSA) is 51.0 Å². The van der Waals surface area contributed by atoms with Gasteiger partial charge in [0.1, 0.15) is 38.1 Å². The fourth-order valence-corrected chi connectivity index (χ4v) is 8.78. The standard InChI is InChI=1S/C33H43NO3.C24H20B/c1-23-13-9-11-15-25(23)21-34(22-26-16-12-10-14-24(26)2)17-18-37-31(36)27-19-28(32(3,4)5)30(35)29(20-27)33(6,7)8;1-5-13-21(14-6-1)25(22-15-7-2-8-16-22,23-17-9-3-10-18-23)24-19-11-4-12-20-24/h9-16,19-20,35H,17-18,21-22H2,1-8H3;1-20H/q;-1/p+1. The molecule has 0 saturated heterocycles. The van der Waals surface area contributed by atoms with Crippen molar-refractivity contribution in [3.05, 3.63) is 221 Å². The van der Waals surface area contributed by atoms with Gasteiger partial charge in [-0.1, -0.05) is 211 Å². The summed E-state index contributed by atoms with van der Waals surface area (Å²) in [4.78, 5) is 14.5. The second kappa shape index (κ2) is 20.1. The van der Waals surface area contributed by atoms with Crippen LogP contribution in [0.25, 0.3) is 0 Å². The number of phenols is 1. The first-order chi connectivity index (χ1) is 29.7. The van der Waals surface area contributed by atoms with Gasteiger partial charge < -0.3 is 14.7 Å². The number of quaternary nitrogens is 1. The Morgan fingerprint density at radius 2 is 0.839 bits per heavy atom. The zero-order valence-electron chi connectivity index (χ0n) is 38.0. The summed E-state index contributed by atoms with van der Waals surface area (Å²) in [5.41, 5.74) is 11.9. The first kappa shape index (κ1) is 45.4. The van der Waals surface area contributed by atoms with E-state index in [9.17, 15) is 9.90 Å². The van der Waals surface area contributed by atoms with E-state index in [4.69, 9.17) is 4.74 Å². The quantitative estimate of drug-likeness (QED) is 0.0956. The van der Waals surface area contributed by atoms with Gasteiger partial charge >= 0.3 is 5.97 Å². The summed E-state index contributed by atoms with van der Waals surface area (Å²) in [6.45, 7) is 19.3. The maximum absolute atomic E-state index is 13.2. The molecule has 4 nitrogen and oxygen atoms in total. The molecule has 0 bridgehead atoms. The molecule has 7 rings (SSSR count). The van der Waals surface area contributed by atoms with Gasteiger partial charge in [0.15, 0.2) is 0 Å². The molecule has 0 unspecified atom stereocenters. The lowest BCUT2D eigenvalue weighted by molar-refractivity contribution is -0.927. The average molecular weight is 822 g/mol. The number of benzene rings is 7. The van der Waals surface area contributed by atoms with Crippen molar-refractivity contribution < 1.29 is 19.5 Å². The number of rotatable bonds is 12. The van der Waals surface area contributed by atoms with Crippen molar-refractivity contribution in [2.45, 2.75) is 79.3 Å². The molecular weight excluding hydrogens is 757 g/mol. The third kappa shape index (κ3) is 10.8. The summed E-state index contributed by atoms with van der Waals surface area (Å²) < 4.78 is 5.83. The number of hydrogen-bond donors (Lipinski definition) is 2. The van der Waals surface area contributed by atoms with E-state index in [2.05, 4.69) is 184 Å². The molecule has 0 atom stereocenters. The van der Waals surface area contributed by atoms with Crippen molar-refractivity contribution in [3.8, 4) is 5.75 Å². The predicted molar refractivity (Wildman–Crippen MR) is 261 cm³/mol. The van der Waals surface area contributed by atoms with Crippen molar-refractivity contribution in [1.82, 2.24) is 0 Å². The molecule has 0 fully saturated rings. The van der Waals surface area contributed by atoms with Crippen LogP contribution in [0, 0.1) is 13.8 Å². The Morgan fingerprint density at radius 1 is 0.516 bits per heavy atom. The van der Waals surface area contributed by atoms with Crippen LogP contribution in [-0.2, 0) is 28.7 Å². The van der Waals surface area contributed by atoms with Crippen molar-refractivity contribution >= 4 is 34.0 Å². The molecular formula is C57H64BNO3. The van der Waals surface area contributed by atoms with E-state index in [1.165, 1.54) is 49.0 Å². The first-order valence-electron chi connectivity index (χ1n) is 22.0. The van der Waals surface area contributed by atoms with Crippen LogP contribution < -0.4 is 26.8 Å². The maximum Gasteiger partial charge on any atom is 0.338 e. The van der Waals surface area contributed by atoms with E-state index in [-0.39, 0.29) is 22.5 Å². The molecule has 0 aliphatic heterocycles. The highest BCUT2D eigenvalue weighted by atomic mass is 16.5. The Hall–Kier alpha value is -6.17. The summed E-state index contributed by atoms with van der Waals surface area (Å²) in [6, 6.07) is 64.0. The first-order valence-corrected chi connectivity index (χ1v) is 22.0. The van der Waals surface area contributed by atoms with Gasteiger partial charge in [-0.05, 0) is 47.9 Å². The monoisotopic (exact) mass is 821 g/mol. The molecule has 0 radical (unpaired) electrons. The molecule has 5 heteroatoms. The second-order valence-electron chi connectivity index (χ2n) is 18.8.